The summed E-state index contributed by atoms with van der Waals surface area (Å²) in [6, 6.07) is 14.2. The second kappa shape index (κ2) is 5.07. The van der Waals surface area contributed by atoms with E-state index in [-0.39, 0.29) is 0 Å². The summed E-state index contributed by atoms with van der Waals surface area (Å²) in [7, 11) is 1.68. The first-order valence-corrected chi connectivity index (χ1v) is 6.98. The van der Waals surface area contributed by atoms with Crippen molar-refractivity contribution < 1.29 is 4.74 Å². The molecule has 4 rings (SSSR count). The SMILES string of the molecule is COc1cc(-c2cc3ncncc3cn2)c2ccccc2c1. The van der Waals surface area contributed by atoms with E-state index in [4.69, 9.17) is 4.74 Å². The maximum Gasteiger partial charge on any atom is 0.120 e. The molecule has 106 valence electrons. The minimum atomic E-state index is 0.818. The summed E-state index contributed by atoms with van der Waals surface area (Å²) in [5.41, 5.74) is 2.80. The number of aromatic nitrogens is 3. The number of fused-ring (bicyclic) bond motifs is 2. The third-order valence-corrected chi connectivity index (χ3v) is 3.74. The third-order valence-electron chi connectivity index (χ3n) is 3.74. The molecule has 4 nitrogen and oxygen atoms in total. The lowest BCUT2D eigenvalue weighted by molar-refractivity contribution is 0.415. The smallest absolute Gasteiger partial charge is 0.120 e. The summed E-state index contributed by atoms with van der Waals surface area (Å²) in [6.07, 6.45) is 5.12. The maximum absolute atomic E-state index is 5.42. The molecule has 0 saturated heterocycles. The van der Waals surface area contributed by atoms with Crippen LogP contribution in [0.3, 0.4) is 0 Å². The highest BCUT2D eigenvalue weighted by Crippen LogP contribution is 2.32. The van der Waals surface area contributed by atoms with Gasteiger partial charge in [-0.15, -0.1) is 0 Å². The highest BCUT2D eigenvalue weighted by molar-refractivity contribution is 5.98. The zero-order valence-corrected chi connectivity index (χ0v) is 12.0. The van der Waals surface area contributed by atoms with Gasteiger partial charge < -0.3 is 4.74 Å². The minimum Gasteiger partial charge on any atom is -0.497 e. The van der Waals surface area contributed by atoms with Crippen molar-refractivity contribution in [2.75, 3.05) is 7.11 Å². The largest absolute Gasteiger partial charge is 0.497 e. The Balaban J connectivity index is 2.02. The first-order chi connectivity index (χ1) is 10.8. The van der Waals surface area contributed by atoms with Crippen molar-refractivity contribution in [3.05, 3.63) is 61.2 Å². The molecule has 0 aliphatic heterocycles. The molecule has 0 spiro atoms. The third kappa shape index (κ3) is 2.05. The number of hydrogen-bond donors (Lipinski definition) is 0. The molecule has 0 amide bonds. The molecule has 0 radical (unpaired) electrons. The summed E-state index contributed by atoms with van der Waals surface area (Å²) < 4.78 is 5.42. The molecule has 0 bridgehead atoms. The van der Waals surface area contributed by atoms with Crippen molar-refractivity contribution in [2.45, 2.75) is 0 Å². The van der Waals surface area contributed by atoms with Gasteiger partial charge in [-0.1, -0.05) is 24.3 Å². The van der Waals surface area contributed by atoms with Gasteiger partial charge in [0.15, 0.2) is 0 Å². The molecule has 0 atom stereocenters. The average Bonchev–Trinajstić information content (AvgIpc) is 2.60. The van der Waals surface area contributed by atoms with Crippen LogP contribution in [0.5, 0.6) is 5.75 Å². The summed E-state index contributed by atoms with van der Waals surface area (Å²) >= 11 is 0. The van der Waals surface area contributed by atoms with Gasteiger partial charge in [-0.3, -0.25) is 4.98 Å². The van der Waals surface area contributed by atoms with Crippen LogP contribution in [-0.2, 0) is 0 Å². The Morgan fingerprint density at radius 2 is 1.82 bits per heavy atom. The fourth-order valence-electron chi connectivity index (χ4n) is 2.64. The molecule has 0 unspecified atom stereocenters. The lowest BCUT2D eigenvalue weighted by Gasteiger charge is -2.10. The maximum atomic E-state index is 5.42. The van der Waals surface area contributed by atoms with E-state index in [9.17, 15) is 0 Å². The Morgan fingerprint density at radius 1 is 0.909 bits per heavy atom. The molecule has 0 saturated carbocycles. The van der Waals surface area contributed by atoms with Crippen LogP contribution in [0.4, 0.5) is 0 Å². The zero-order chi connectivity index (χ0) is 14.9. The first kappa shape index (κ1) is 12.7. The quantitative estimate of drug-likeness (QED) is 0.562. The Morgan fingerprint density at radius 3 is 2.73 bits per heavy atom. The van der Waals surface area contributed by atoms with Crippen molar-refractivity contribution >= 4 is 21.7 Å². The van der Waals surface area contributed by atoms with Gasteiger partial charge in [-0.05, 0) is 29.0 Å². The van der Waals surface area contributed by atoms with E-state index in [2.05, 4.69) is 27.1 Å². The topological polar surface area (TPSA) is 47.9 Å². The molecule has 2 aromatic carbocycles. The number of rotatable bonds is 2. The first-order valence-electron chi connectivity index (χ1n) is 6.98. The van der Waals surface area contributed by atoms with E-state index in [0.29, 0.717) is 0 Å². The van der Waals surface area contributed by atoms with Crippen molar-refractivity contribution in [3.8, 4) is 17.0 Å². The number of ether oxygens (including phenoxy) is 1. The van der Waals surface area contributed by atoms with Crippen LogP contribution in [0, 0.1) is 0 Å². The monoisotopic (exact) mass is 287 g/mol. The van der Waals surface area contributed by atoms with E-state index in [1.807, 2.05) is 30.3 Å². The minimum absolute atomic E-state index is 0.818. The summed E-state index contributed by atoms with van der Waals surface area (Å²) in [6.45, 7) is 0. The van der Waals surface area contributed by atoms with E-state index in [1.165, 1.54) is 0 Å². The fraction of sp³-hybridized carbons (Fsp3) is 0.0556. The van der Waals surface area contributed by atoms with Gasteiger partial charge in [0, 0.05) is 23.3 Å². The van der Waals surface area contributed by atoms with Crippen LogP contribution < -0.4 is 4.74 Å². The number of pyridine rings is 1. The molecule has 0 aliphatic rings. The van der Waals surface area contributed by atoms with Crippen LogP contribution in [0.2, 0.25) is 0 Å². The Labute approximate surface area is 127 Å². The van der Waals surface area contributed by atoms with Crippen LogP contribution in [-0.4, -0.2) is 22.1 Å². The average molecular weight is 287 g/mol. The van der Waals surface area contributed by atoms with Gasteiger partial charge in [-0.25, -0.2) is 9.97 Å². The predicted octanol–water partition coefficient (Wildman–Crippen LogP) is 3.85. The number of benzene rings is 2. The molecule has 2 aromatic heterocycles. The van der Waals surface area contributed by atoms with E-state index >= 15 is 0 Å². The molecule has 4 heteroatoms. The van der Waals surface area contributed by atoms with Crippen molar-refractivity contribution in [1.82, 2.24) is 15.0 Å². The van der Waals surface area contributed by atoms with E-state index < -0.39 is 0 Å². The van der Waals surface area contributed by atoms with Gasteiger partial charge in [0.2, 0.25) is 0 Å². The van der Waals surface area contributed by atoms with Gasteiger partial charge in [0.05, 0.1) is 18.3 Å². The zero-order valence-electron chi connectivity index (χ0n) is 12.0. The Kier molecular flexibility index (Phi) is 2.93. The number of hydrogen-bond acceptors (Lipinski definition) is 4. The van der Waals surface area contributed by atoms with E-state index in [0.717, 1.165) is 38.7 Å². The summed E-state index contributed by atoms with van der Waals surface area (Å²) in [5.74, 6) is 0.818. The molecule has 22 heavy (non-hydrogen) atoms. The van der Waals surface area contributed by atoms with Crippen LogP contribution in [0.15, 0.2) is 61.2 Å². The normalized spacial score (nSPS) is 11.0. The number of nitrogens with zero attached hydrogens (tertiary/aromatic N) is 3. The van der Waals surface area contributed by atoms with Crippen molar-refractivity contribution in [3.63, 3.8) is 0 Å². The second-order valence-corrected chi connectivity index (χ2v) is 5.05. The van der Waals surface area contributed by atoms with Crippen molar-refractivity contribution in [1.29, 1.82) is 0 Å². The van der Waals surface area contributed by atoms with Crippen LogP contribution >= 0.6 is 0 Å². The fourth-order valence-corrected chi connectivity index (χ4v) is 2.64. The van der Waals surface area contributed by atoms with Gasteiger partial charge in [-0.2, -0.15) is 0 Å². The van der Waals surface area contributed by atoms with Crippen molar-refractivity contribution in [2.24, 2.45) is 0 Å². The number of methoxy groups -OCH3 is 1. The van der Waals surface area contributed by atoms with Crippen LogP contribution in [0.1, 0.15) is 0 Å². The lowest BCUT2D eigenvalue weighted by atomic mass is 10.0. The molecule has 0 fully saturated rings. The molecule has 2 heterocycles. The lowest BCUT2D eigenvalue weighted by Crippen LogP contribution is -1.90. The Bertz CT molecular complexity index is 982. The molecule has 0 N–H and O–H groups in total. The predicted molar refractivity (Wildman–Crippen MR) is 86.8 cm³/mol. The van der Waals surface area contributed by atoms with Gasteiger partial charge >= 0.3 is 0 Å². The molecule has 0 aliphatic carbocycles. The standard InChI is InChI=1S/C18H13N3O/c1-22-14-6-12-4-2-3-5-15(12)16(7-14)18-8-17-13(10-20-18)9-19-11-21-17/h2-11H,1H3. The van der Waals surface area contributed by atoms with Gasteiger partial charge in [0.25, 0.3) is 0 Å². The highest BCUT2D eigenvalue weighted by atomic mass is 16.5. The van der Waals surface area contributed by atoms with Gasteiger partial charge in [0.1, 0.15) is 12.1 Å². The molecular weight excluding hydrogens is 274 g/mol. The molecule has 4 aromatic rings. The summed E-state index contributed by atoms with van der Waals surface area (Å²) in [5, 5.41) is 3.20. The highest BCUT2D eigenvalue weighted by Gasteiger charge is 2.09. The Hall–Kier alpha value is -3.01. The molecular formula is C18H13N3O. The van der Waals surface area contributed by atoms with Crippen LogP contribution in [0.25, 0.3) is 32.9 Å². The second-order valence-electron chi connectivity index (χ2n) is 5.05. The van der Waals surface area contributed by atoms with E-state index in [1.54, 1.807) is 25.8 Å². The summed E-state index contributed by atoms with van der Waals surface area (Å²) in [4.78, 5) is 12.9.